The molecule has 1 aromatic carbocycles. The highest BCUT2D eigenvalue weighted by Gasteiger charge is 2.22. The molecule has 0 aliphatic heterocycles. The van der Waals surface area contributed by atoms with Crippen LogP contribution in [-0.2, 0) is 4.12 Å². The Morgan fingerprint density at radius 1 is 1.20 bits per heavy atom. The van der Waals surface area contributed by atoms with Crippen LogP contribution in [0.4, 0.5) is 0 Å². The monoisotopic (exact) mass is 235 g/mol. The van der Waals surface area contributed by atoms with Crippen LogP contribution in [0, 0.1) is 0 Å². The minimum absolute atomic E-state index is 0.910. The van der Waals surface area contributed by atoms with Crippen molar-refractivity contribution in [3.8, 4) is 0 Å². The normalized spacial score (nSPS) is 11.8. The maximum atomic E-state index is 6.10. The summed E-state index contributed by atoms with van der Waals surface area (Å²) in [5, 5.41) is 1.17. The van der Waals surface area contributed by atoms with Gasteiger partial charge in [0.2, 0.25) is 9.04 Å². The summed E-state index contributed by atoms with van der Waals surface area (Å²) in [5.41, 5.74) is 1.21. The van der Waals surface area contributed by atoms with E-state index >= 15 is 0 Å². The molecule has 0 atom stereocenters. The third-order valence-corrected chi connectivity index (χ3v) is 6.82. The van der Waals surface area contributed by atoms with E-state index in [4.69, 9.17) is 4.12 Å². The first-order valence-corrected chi connectivity index (χ1v) is 10.5. The van der Waals surface area contributed by atoms with E-state index in [-0.39, 0.29) is 0 Å². The predicted octanol–water partition coefficient (Wildman–Crippen LogP) is 3.71. The average Bonchev–Trinajstić information content (AvgIpc) is 2.15. The fourth-order valence-corrected chi connectivity index (χ4v) is 6.10. The van der Waals surface area contributed by atoms with Gasteiger partial charge in [0.25, 0.3) is 0 Å². The molecule has 0 saturated carbocycles. The van der Waals surface area contributed by atoms with Gasteiger partial charge in [-0.2, -0.15) is 0 Å². The summed E-state index contributed by atoms with van der Waals surface area (Å²) in [6.45, 7) is 13.0. The van der Waals surface area contributed by atoms with E-state index < -0.39 is 17.4 Å². The lowest BCUT2D eigenvalue weighted by molar-refractivity contribution is 0.590. The third kappa shape index (κ3) is 4.16. The van der Waals surface area contributed by atoms with Crippen molar-refractivity contribution in [3.63, 3.8) is 0 Å². The number of hydrogen-bond acceptors (Lipinski definition) is 1. The first kappa shape index (κ1) is 12.4. The van der Waals surface area contributed by atoms with Crippen molar-refractivity contribution in [2.75, 3.05) is 0 Å². The lowest BCUT2D eigenvalue weighted by Gasteiger charge is -2.23. The zero-order valence-corrected chi connectivity index (χ0v) is 12.0. The van der Waals surface area contributed by atoms with Gasteiger partial charge in [-0.3, -0.25) is 0 Å². The van der Waals surface area contributed by atoms with Crippen molar-refractivity contribution in [3.05, 3.63) is 42.5 Å². The molecule has 1 rings (SSSR count). The van der Waals surface area contributed by atoms with Gasteiger partial charge in [0, 0.05) is 0 Å². The lowest BCUT2D eigenvalue weighted by atomic mass is 10.2. The van der Waals surface area contributed by atoms with E-state index in [0.29, 0.717) is 0 Å². The van der Waals surface area contributed by atoms with E-state index in [0.717, 1.165) is 0 Å². The Morgan fingerprint density at radius 3 is 2.20 bits per heavy atom. The van der Waals surface area contributed by atoms with Gasteiger partial charge in [0.15, 0.2) is 8.32 Å². The summed E-state index contributed by atoms with van der Waals surface area (Å²) in [7, 11) is -2.34. The van der Waals surface area contributed by atoms with E-state index in [2.05, 4.69) is 44.9 Å². The Kier molecular flexibility index (Phi) is 4.07. The topological polar surface area (TPSA) is 9.23 Å². The molecule has 0 amide bonds. The molecule has 15 heavy (non-hydrogen) atoms. The smallest absolute Gasteiger partial charge is 0.231 e. The summed E-state index contributed by atoms with van der Waals surface area (Å²) in [6.07, 6.45) is 0. The van der Waals surface area contributed by atoms with Crippen LogP contribution < -0.4 is 0 Å². The first-order chi connectivity index (χ1) is 6.90. The highest BCUT2D eigenvalue weighted by atomic mass is 28.4. The minimum atomic E-state index is -1.43. The molecular weight excluding hydrogens is 216 g/mol. The molecule has 0 unspecified atom stereocenters. The van der Waals surface area contributed by atoms with E-state index in [9.17, 15) is 0 Å². The third-order valence-electron chi connectivity index (χ3n) is 2.01. The number of benzene rings is 1. The zero-order valence-electron chi connectivity index (χ0n) is 10.0. The number of rotatable bonds is 4. The van der Waals surface area contributed by atoms with Crippen molar-refractivity contribution in [1.29, 1.82) is 0 Å². The molecule has 0 spiro atoms. The fourth-order valence-electron chi connectivity index (χ4n) is 1.36. The molecule has 81 valence electrons. The van der Waals surface area contributed by atoms with Gasteiger partial charge in [-0.25, -0.2) is 0 Å². The molecular formula is C12H19OSi2. The summed E-state index contributed by atoms with van der Waals surface area (Å²) in [6, 6.07) is 10.3. The summed E-state index contributed by atoms with van der Waals surface area (Å²) in [5.74, 6) is 0. The second kappa shape index (κ2) is 4.92. The molecule has 0 saturated heterocycles. The van der Waals surface area contributed by atoms with Gasteiger partial charge in [-0.05, 0) is 36.9 Å². The van der Waals surface area contributed by atoms with E-state index in [1.165, 1.54) is 10.8 Å². The van der Waals surface area contributed by atoms with Crippen molar-refractivity contribution < 1.29 is 4.12 Å². The van der Waals surface area contributed by atoms with Crippen LogP contribution in [-0.4, -0.2) is 17.4 Å². The minimum Gasteiger partial charge on any atom is -0.453 e. The lowest BCUT2D eigenvalue weighted by Crippen LogP contribution is -2.33. The van der Waals surface area contributed by atoms with Crippen molar-refractivity contribution in [1.82, 2.24) is 0 Å². The molecule has 1 radical (unpaired) electrons. The molecule has 1 aromatic rings. The molecule has 3 heteroatoms. The van der Waals surface area contributed by atoms with Crippen LogP contribution >= 0.6 is 0 Å². The Bertz CT molecular complexity index is 327. The van der Waals surface area contributed by atoms with Crippen LogP contribution in [0.2, 0.25) is 26.2 Å². The average molecular weight is 235 g/mol. The molecule has 1 nitrogen and oxygen atoms in total. The van der Waals surface area contributed by atoms with E-state index in [1.807, 2.05) is 18.2 Å². The molecule has 0 aromatic heterocycles. The second-order valence-corrected chi connectivity index (χ2v) is 11.4. The van der Waals surface area contributed by atoms with Crippen LogP contribution in [0.3, 0.4) is 0 Å². The summed E-state index contributed by atoms with van der Waals surface area (Å²) < 4.78 is 6.10. The maximum Gasteiger partial charge on any atom is 0.231 e. The van der Waals surface area contributed by atoms with Gasteiger partial charge in [-0.15, -0.1) is 0 Å². The molecule has 0 heterocycles. The Labute approximate surface area is 95.7 Å². The SMILES string of the molecule is C=C(c1ccccc1)[Si](C)O[Si](C)(C)C. The number of hydrogen-bond donors (Lipinski definition) is 0. The van der Waals surface area contributed by atoms with Crippen LogP contribution in [0.25, 0.3) is 5.20 Å². The van der Waals surface area contributed by atoms with Gasteiger partial charge in [0.05, 0.1) is 0 Å². The van der Waals surface area contributed by atoms with Gasteiger partial charge in [-0.1, -0.05) is 36.9 Å². The zero-order chi connectivity index (χ0) is 11.5. The van der Waals surface area contributed by atoms with Crippen molar-refractivity contribution in [2.24, 2.45) is 0 Å². The van der Waals surface area contributed by atoms with Gasteiger partial charge < -0.3 is 4.12 Å². The highest BCUT2D eigenvalue weighted by Crippen LogP contribution is 2.18. The van der Waals surface area contributed by atoms with Crippen LogP contribution in [0.5, 0.6) is 0 Å². The van der Waals surface area contributed by atoms with Crippen molar-refractivity contribution in [2.45, 2.75) is 26.2 Å². The Balaban J connectivity index is 2.70. The molecule has 0 bridgehead atoms. The largest absolute Gasteiger partial charge is 0.453 e. The molecule has 0 aliphatic carbocycles. The molecule has 0 aliphatic rings. The quantitative estimate of drug-likeness (QED) is 0.723. The summed E-state index contributed by atoms with van der Waals surface area (Å²) >= 11 is 0. The Hall–Kier alpha value is -0.646. The molecule has 0 N–H and O–H groups in total. The predicted molar refractivity (Wildman–Crippen MR) is 71.5 cm³/mol. The first-order valence-electron chi connectivity index (χ1n) is 5.17. The van der Waals surface area contributed by atoms with Crippen molar-refractivity contribution >= 4 is 22.6 Å². The van der Waals surface area contributed by atoms with Crippen LogP contribution in [0.1, 0.15) is 5.56 Å². The Morgan fingerprint density at radius 2 is 1.73 bits per heavy atom. The second-order valence-electron chi connectivity index (χ2n) is 4.62. The fraction of sp³-hybridized carbons (Fsp3) is 0.333. The van der Waals surface area contributed by atoms with Gasteiger partial charge in [0.1, 0.15) is 0 Å². The van der Waals surface area contributed by atoms with Gasteiger partial charge >= 0.3 is 0 Å². The standard InChI is InChI=1S/C12H19OSi2/c1-11(12-9-7-6-8-10-12)14(2)13-15(3,4)5/h6-10H,1H2,2-5H3. The van der Waals surface area contributed by atoms with E-state index in [1.54, 1.807) is 0 Å². The maximum absolute atomic E-state index is 6.10. The van der Waals surface area contributed by atoms with Crippen LogP contribution in [0.15, 0.2) is 36.9 Å². The highest BCUT2D eigenvalue weighted by molar-refractivity contribution is 6.84. The molecule has 0 fully saturated rings. The summed E-state index contributed by atoms with van der Waals surface area (Å²) in [4.78, 5) is 0.